The monoisotopic (exact) mass is 316 g/mol. The van der Waals surface area contributed by atoms with Crippen LogP contribution in [-0.2, 0) is 14.3 Å². The molecule has 2 spiro atoms. The van der Waals surface area contributed by atoms with Gasteiger partial charge in [0.05, 0.1) is 0 Å². The van der Waals surface area contributed by atoms with Crippen LogP contribution in [0.1, 0.15) is 60.3 Å². The average Bonchev–Trinajstić information content (AvgIpc) is 2.98. The van der Waals surface area contributed by atoms with E-state index in [4.69, 9.17) is 4.74 Å². The Kier molecular flexibility index (Phi) is 2.30. The molecule has 5 rings (SSSR count). The zero-order valence-electron chi connectivity index (χ0n) is 14.9. The topological polar surface area (TPSA) is 46.7 Å². The molecule has 1 saturated heterocycles. The zero-order chi connectivity index (χ0) is 16.6. The highest BCUT2D eigenvalue weighted by molar-refractivity contribution is 5.97. The van der Waals surface area contributed by atoms with Crippen LogP contribution in [-0.4, -0.2) is 23.3 Å². The molecule has 3 heteroatoms. The Hall–Kier alpha value is -0.700. The van der Waals surface area contributed by atoms with Crippen molar-refractivity contribution in [3.63, 3.8) is 0 Å². The van der Waals surface area contributed by atoms with Crippen molar-refractivity contribution in [3.05, 3.63) is 0 Å². The van der Waals surface area contributed by atoms with Gasteiger partial charge < -0.3 is 4.74 Å². The number of hydrogen-bond donors (Lipinski definition) is 0. The molecule has 0 aromatic rings. The standard InChI is InChI=1S/C20H28O3/c1-10(2)12-6-7-19-8-13-11(3)15(22)16-20(13,23-16)17(19,4)9-14(21)18(12,19)5/h10-13,16H,6-9H2,1-5H3/t11-,12+,13+,16+,17-,18-,19+,20-/m0/s1. The summed E-state index contributed by atoms with van der Waals surface area (Å²) >= 11 is 0. The predicted molar refractivity (Wildman–Crippen MR) is 85.7 cm³/mol. The molecule has 8 atom stereocenters. The van der Waals surface area contributed by atoms with Crippen LogP contribution < -0.4 is 0 Å². The van der Waals surface area contributed by atoms with E-state index in [0.29, 0.717) is 35.7 Å². The molecule has 0 radical (unpaired) electrons. The average molecular weight is 316 g/mol. The zero-order valence-corrected chi connectivity index (χ0v) is 14.9. The second-order valence-corrected chi connectivity index (χ2v) is 9.90. The molecule has 23 heavy (non-hydrogen) atoms. The molecule has 4 saturated carbocycles. The van der Waals surface area contributed by atoms with Crippen LogP contribution in [0.5, 0.6) is 0 Å². The number of epoxide rings is 1. The molecule has 0 amide bonds. The van der Waals surface area contributed by atoms with Crippen LogP contribution in [0.2, 0.25) is 0 Å². The molecule has 3 nitrogen and oxygen atoms in total. The maximum atomic E-state index is 13.3. The molecule has 0 bridgehead atoms. The summed E-state index contributed by atoms with van der Waals surface area (Å²) in [7, 11) is 0. The van der Waals surface area contributed by atoms with E-state index in [1.54, 1.807) is 0 Å². The van der Waals surface area contributed by atoms with Gasteiger partial charge in [-0.05, 0) is 36.5 Å². The van der Waals surface area contributed by atoms with Crippen molar-refractivity contribution in [2.45, 2.75) is 72.0 Å². The minimum Gasteiger partial charge on any atom is -0.357 e. The van der Waals surface area contributed by atoms with Crippen LogP contribution in [0.25, 0.3) is 0 Å². The predicted octanol–water partition coefficient (Wildman–Crippen LogP) is 3.40. The van der Waals surface area contributed by atoms with Gasteiger partial charge in [0.1, 0.15) is 17.5 Å². The smallest absolute Gasteiger partial charge is 0.167 e. The molecule has 4 aliphatic carbocycles. The van der Waals surface area contributed by atoms with Gasteiger partial charge in [0.2, 0.25) is 0 Å². The maximum Gasteiger partial charge on any atom is 0.167 e. The normalized spacial score (nSPS) is 62.5. The molecule has 5 aliphatic rings. The van der Waals surface area contributed by atoms with Crippen molar-refractivity contribution in [1.82, 2.24) is 0 Å². The Bertz CT molecular complexity index is 653. The summed E-state index contributed by atoms with van der Waals surface area (Å²) in [6.45, 7) is 11.2. The second kappa shape index (κ2) is 3.61. The molecule has 0 aromatic heterocycles. The Morgan fingerprint density at radius 3 is 2.57 bits per heavy atom. The van der Waals surface area contributed by atoms with E-state index in [9.17, 15) is 9.59 Å². The third-order valence-electron chi connectivity index (χ3n) is 9.51. The maximum absolute atomic E-state index is 13.3. The first-order chi connectivity index (χ1) is 10.7. The van der Waals surface area contributed by atoms with Crippen molar-refractivity contribution >= 4 is 11.6 Å². The highest BCUT2D eigenvalue weighted by Gasteiger charge is 2.92. The minimum atomic E-state index is -0.303. The fraction of sp³-hybridized carbons (Fsp3) is 0.900. The number of Topliss-reactive ketones (excluding diaryl/α,β-unsaturated/α-hetero) is 2. The van der Waals surface area contributed by atoms with Gasteiger partial charge in [-0.3, -0.25) is 9.59 Å². The lowest BCUT2D eigenvalue weighted by atomic mass is 9.56. The van der Waals surface area contributed by atoms with E-state index in [2.05, 4.69) is 34.6 Å². The molecule has 5 fully saturated rings. The second-order valence-electron chi connectivity index (χ2n) is 9.90. The van der Waals surface area contributed by atoms with E-state index in [-0.39, 0.29) is 33.9 Å². The molecular formula is C20H28O3. The molecule has 1 aliphatic heterocycles. The number of carbonyl (C=O) groups is 2. The third-order valence-corrected chi connectivity index (χ3v) is 9.51. The van der Waals surface area contributed by atoms with Crippen molar-refractivity contribution in [3.8, 4) is 0 Å². The summed E-state index contributed by atoms with van der Waals surface area (Å²) in [4.78, 5) is 25.8. The SMILES string of the molecule is CC(C)[C@H]1CC[C@@]23C[C@@H]4[C@H](C)C(=O)[C@H]5O[C@]54[C@@]2(C)CC(=O)[C@]13C. The Morgan fingerprint density at radius 2 is 1.91 bits per heavy atom. The third kappa shape index (κ3) is 1.09. The quantitative estimate of drug-likeness (QED) is 0.697. The summed E-state index contributed by atoms with van der Waals surface area (Å²) in [5.41, 5.74) is -0.595. The number of hydrogen-bond acceptors (Lipinski definition) is 3. The minimum absolute atomic E-state index is 0.0559. The highest BCUT2D eigenvalue weighted by atomic mass is 16.6. The summed E-state index contributed by atoms with van der Waals surface area (Å²) in [6, 6.07) is 0. The Morgan fingerprint density at radius 1 is 1.22 bits per heavy atom. The van der Waals surface area contributed by atoms with Gasteiger partial charge in [-0.25, -0.2) is 0 Å². The Labute approximate surface area is 138 Å². The molecule has 0 N–H and O–H groups in total. The van der Waals surface area contributed by atoms with Crippen LogP contribution >= 0.6 is 0 Å². The van der Waals surface area contributed by atoms with Gasteiger partial charge in [-0.2, -0.15) is 0 Å². The fourth-order valence-electron chi connectivity index (χ4n) is 8.41. The van der Waals surface area contributed by atoms with Gasteiger partial charge in [-0.1, -0.05) is 34.6 Å². The number of rotatable bonds is 1. The van der Waals surface area contributed by atoms with Crippen LogP contribution in [0, 0.1) is 39.9 Å². The first-order valence-corrected chi connectivity index (χ1v) is 9.42. The number of ketones is 2. The van der Waals surface area contributed by atoms with Gasteiger partial charge in [0, 0.05) is 29.1 Å². The van der Waals surface area contributed by atoms with Crippen LogP contribution in [0.15, 0.2) is 0 Å². The molecule has 1 heterocycles. The molecule has 126 valence electrons. The molecule has 0 aromatic carbocycles. The van der Waals surface area contributed by atoms with Crippen molar-refractivity contribution in [2.75, 3.05) is 0 Å². The summed E-state index contributed by atoms with van der Waals surface area (Å²) in [5, 5.41) is 0. The van der Waals surface area contributed by atoms with Crippen molar-refractivity contribution in [1.29, 1.82) is 0 Å². The number of ether oxygens (including phenoxy) is 1. The summed E-state index contributed by atoms with van der Waals surface area (Å²) in [6.07, 6.45) is 3.74. The van der Waals surface area contributed by atoms with Gasteiger partial charge >= 0.3 is 0 Å². The van der Waals surface area contributed by atoms with Gasteiger partial charge in [-0.15, -0.1) is 0 Å². The Balaban J connectivity index is 1.71. The lowest BCUT2D eigenvalue weighted by molar-refractivity contribution is -0.132. The van der Waals surface area contributed by atoms with Gasteiger partial charge in [0.15, 0.2) is 5.78 Å². The molecule has 0 unspecified atom stereocenters. The van der Waals surface area contributed by atoms with Crippen LogP contribution in [0.4, 0.5) is 0 Å². The first-order valence-electron chi connectivity index (χ1n) is 9.42. The van der Waals surface area contributed by atoms with E-state index >= 15 is 0 Å². The van der Waals surface area contributed by atoms with Gasteiger partial charge in [0.25, 0.3) is 0 Å². The largest absolute Gasteiger partial charge is 0.357 e. The van der Waals surface area contributed by atoms with E-state index < -0.39 is 0 Å². The lowest BCUT2D eigenvalue weighted by Gasteiger charge is -2.46. The molecular weight excluding hydrogens is 288 g/mol. The summed E-state index contributed by atoms with van der Waals surface area (Å²) in [5.74, 6) is 2.22. The van der Waals surface area contributed by atoms with E-state index in [1.165, 1.54) is 0 Å². The van der Waals surface area contributed by atoms with Crippen molar-refractivity contribution < 1.29 is 14.3 Å². The van der Waals surface area contributed by atoms with Crippen LogP contribution in [0.3, 0.4) is 0 Å². The fourth-order valence-corrected chi connectivity index (χ4v) is 8.41. The first kappa shape index (κ1) is 14.6. The lowest BCUT2D eigenvalue weighted by Crippen LogP contribution is -2.46. The highest BCUT2D eigenvalue weighted by Crippen LogP contribution is 2.86. The van der Waals surface area contributed by atoms with Crippen molar-refractivity contribution in [2.24, 2.45) is 39.9 Å². The van der Waals surface area contributed by atoms with E-state index in [1.807, 2.05) is 0 Å². The van der Waals surface area contributed by atoms with E-state index in [0.717, 1.165) is 19.3 Å². The number of carbonyl (C=O) groups excluding carboxylic acids is 2. The summed E-state index contributed by atoms with van der Waals surface area (Å²) < 4.78 is 6.15.